The van der Waals surface area contributed by atoms with Crippen LogP contribution in [0, 0.1) is 35.5 Å². The van der Waals surface area contributed by atoms with Gasteiger partial charge in [-0.3, -0.25) is 9.59 Å². The van der Waals surface area contributed by atoms with Crippen LogP contribution >= 0.6 is 0 Å². The first-order valence-corrected chi connectivity index (χ1v) is 12.0. The third kappa shape index (κ3) is 2.96. The molecule has 8 rings (SSSR count). The van der Waals surface area contributed by atoms with Crippen molar-refractivity contribution in [2.75, 3.05) is 0 Å². The summed E-state index contributed by atoms with van der Waals surface area (Å²) in [5.74, 6) is 1.69. The molecule has 3 fully saturated rings. The van der Waals surface area contributed by atoms with E-state index in [0.29, 0.717) is 18.4 Å². The van der Waals surface area contributed by atoms with Gasteiger partial charge in [0, 0.05) is 0 Å². The number of carbonyl (C=O) groups is 2. The van der Waals surface area contributed by atoms with Crippen LogP contribution in [-0.2, 0) is 16.2 Å². The van der Waals surface area contributed by atoms with Crippen molar-refractivity contribution in [3.63, 3.8) is 0 Å². The van der Waals surface area contributed by atoms with Crippen LogP contribution in [0.4, 0.5) is 0 Å². The molecule has 34 heavy (non-hydrogen) atoms. The normalized spacial score (nSPS) is 30.8. The van der Waals surface area contributed by atoms with Gasteiger partial charge in [-0.15, -0.1) is 0 Å². The standard InChI is InChI=1S/C29H24N2O3/c32-28-26-22-12-13-23(25-14-24(22)25)27(26)29(33)31(28)30-15-17-8-10-20(11-9-17)34-16-19-6-3-5-18-4-1-2-7-21(18)19/h1-13,15,22-27H,14,16H2/t22-,23-,24-,25+,26-,27+/m0/s1. The first kappa shape index (κ1) is 19.7. The average Bonchev–Trinajstić information content (AvgIpc) is 3.66. The van der Waals surface area contributed by atoms with E-state index < -0.39 is 0 Å². The number of hydrazone groups is 1. The van der Waals surface area contributed by atoms with E-state index in [4.69, 9.17) is 4.74 Å². The van der Waals surface area contributed by atoms with Crippen LogP contribution in [0.25, 0.3) is 10.8 Å². The lowest BCUT2D eigenvalue weighted by Gasteiger charge is -2.37. The van der Waals surface area contributed by atoms with Gasteiger partial charge in [0.15, 0.2) is 0 Å². The molecular formula is C29H24N2O3. The highest BCUT2D eigenvalue weighted by Gasteiger charge is 2.67. The second kappa shape index (κ2) is 7.39. The lowest BCUT2D eigenvalue weighted by atomic mass is 9.63. The van der Waals surface area contributed by atoms with Gasteiger partial charge in [-0.05, 0) is 76.3 Å². The maximum absolute atomic E-state index is 13.0. The van der Waals surface area contributed by atoms with E-state index in [1.165, 1.54) is 10.8 Å². The Morgan fingerprint density at radius 3 is 2.26 bits per heavy atom. The van der Waals surface area contributed by atoms with Crippen LogP contribution in [0.2, 0.25) is 0 Å². The zero-order valence-electron chi connectivity index (χ0n) is 18.6. The SMILES string of the molecule is O=C1[C@@H]2[C@H]3C=C[C@@H]([C@@H]4C[C@H]34)[C@@H]2C(=O)N1N=Cc1ccc(OCc2cccc3ccccc23)cc1. The Balaban J connectivity index is 1.04. The number of hydrogen-bond donors (Lipinski definition) is 0. The van der Waals surface area contributed by atoms with Crippen molar-refractivity contribution in [2.24, 2.45) is 40.6 Å². The first-order valence-electron chi connectivity index (χ1n) is 12.0. The number of amides is 2. The fourth-order valence-electron chi connectivity index (χ4n) is 6.41. The topological polar surface area (TPSA) is 59.0 Å². The molecule has 3 aromatic rings. The summed E-state index contributed by atoms with van der Waals surface area (Å²) in [6, 6.07) is 22.1. The van der Waals surface area contributed by atoms with Gasteiger partial charge >= 0.3 is 0 Å². The third-order valence-electron chi connectivity index (χ3n) is 8.12. The van der Waals surface area contributed by atoms with Crippen molar-refractivity contribution >= 4 is 28.8 Å². The number of imide groups is 1. The van der Waals surface area contributed by atoms with Gasteiger partial charge in [0.2, 0.25) is 0 Å². The third-order valence-corrected chi connectivity index (χ3v) is 8.12. The van der Waals surface area contributed by atoms with Crippen LogP contribution in [0.3, 0.4) is 0 Å². The fraction of sp³-hybridized carbons (Fsp3) is 0.276. The number of fused-ring (bicyclic) bond motifs is 1. The largest absolute Gasteiger partial charge is 0.489 e. The van der Waals surface area contributed by atoms with Crippen LogP contribution in [0.5, 0.6) is 5.75 Å². The summed E-state index contributed by atoms with van der Waals surface area (Å²) in [5, 5.41) is 7.82. The molecule has 0 unspecified atom stereocenters. The minimum Gasteiger partial charge on any atom is -0.489 e. The van der Waals surface area contributed by atoms with E-state index in [2.05, 4.69) is 41.5 Å². The van der Waals surface area contributed by atoms with Crippen molar-refractivity contribution in [1.82, 2.24) is 5.01 Å². The molecule has 0 aromatic heterocycles. The summed E-state index contributed by atoms with van der Waals surface area (Å²) in [6.07, 6.45) is 7.11. The Hall–Kier alpha value is -3.73. The van der Waals surface area contributed by atoms with Gasteiger partial charge in [0.25, 0.3) is 11.8 Å². The maximum Gasteiger partial charge on any atom is 0.254 e. The van der Waals surface area contributed by atoms with E-state index in [9.17, 15) is 9.59 Å². The molecule has 2 amide bonds. The Labute approximate surface area is 197 Å². The zero-order valence-corrected chi connectivity index (χ0v) is 18.6. The molecule has 6 atom stereocenters. The minimum atomic E-state index is -0.215. The Morgan fingerprint density at radius 1 is 0.853 bits per heavy atom. The number of nitrogens with zero attached hydrogens (tertiary/aromatic N) is 2. The molecular weight excluding hydrogens is 424 g/mol. The predicted molar refractivity (Wildman–Crippen MR) is 129 cm³/mol. The van der Waals surface area contributed by atoms with E-state index in [1.54, 1.807) is 6.21 Å². The molecule has 4 aliphatic carbocycles. The van der Waals surface area contributed by atoms with Crippen molar-refractivity contribution in [1.29, 1.82) is 0 Å². The first-order chi connectivity index (χ1) is 16.7. The van der Waals surface area contributed by atoms with Crippen LogP contribution < -0.4 is 4.74 Å². The van der Waals surface area contributed by atoms with Crippen LogP contribution in [0.15, 0.2) is 84.0 Å². The monoisotopic (exact) mass is 448 g/mol. The van der Waals surface area contributed by atoms with E-state index in [-0.39, 0.29) is 35.5 Å². The van der Waals surface area contributed by atoms with E-state index in [0.717, 1.165) is 28.3 Å². The molecule has 168 valence electrons. The molecule has 1 heterocycles. The van der Waals surface area contributed by atoms with Crippen LogP contribution in [0.1, 0.15) is 17.5 Å². The highest BCUT2D eigenvalue weighted by atomic mass is 16.5. The lowest BCUT2D eigenvalue weighted by Crippen LogP contribution is -2.40. The molecule has 0 N–H and O–H groups in total. The van der Waals surface area contributed by atoms with Crippen molar-refractivity contribution in [2.45, 2.75) is 13.0 Å². The molecule has 5 nitrogen and oxygen atoms in total. The lowest BCUT2D eigenvalue weighted by molar-refractivity contribution is -0.140. The summed E-state index contributed by atoms with van der Waals surface area (Å²) in [5.41, 5.74) is 1.95. The molecule has 0 radical (unpaired) electrons. The zero-order chi connectivity index (χ0) is 22.8. The molecule has 2 saturated carbocycles. The Bertz CT molecular complexity index is 1330. The van der Waals surface area contributed by atoms with E-state index in [1.807, 2.05) is 42.5 Å². The summed E-state index contributed by atoms with van der Waals surface area (Å²) in [7, 11) is 0. The highest BCUT2D eigenvalue weighted by Crippen LogP contribution is 2.65. The summed E-state index contributed by atoms with van der Waals surface area (Å²) < 4.78 is 6.01. The average molecular weight is 449 g/mol. The molecule has 2 bridgehead atoms. The van der Waals surface area contributed by atoms with Gasteiger partial charge in [-0.1, -0.05) is 54.6 Å². The molecule has 5 heteroatoms. The van der Waals surface area contributed by atoms with Gasteiger partial charge in [0.1, 0.15) is 12.4 Å². The predicted octanol–water partition coefficient (Wildman–Crippen LogP) is 4.81. The highest BCUT2D eigenvalue weighted by molar-refractivity contribution is 6.06. The quantitative estimate of drug-likeness (QED) is 0.320. The second-order valence-electron chi connectivity index (χ2n) is 9.88. The molecule has 3 aromatic carbocycles. The number of rotatable bonds is 5. The molecule has 0 spiro atoms. The second-order valence-corrected chi connectivity index (χ2v) is 9.88. The summed E-state index contributed by atoms with van der Waals surface area (Å²) in [4.78, 5) is 26.1. The number of carbonyl (C=O) groups excluding carboxylic acids is 2. The number of hydrogen-bond acceptors (Lipinski definition) is 4. The van der Waals surface area contributed by atoms with Gasteiger partial charge in [-0.2, -0.15) is 10.1 Å². The van der Waals surface area contributed by atoms with Crippen molar-refractivity contribution in [3.8, 4) is 5.75 Å². The van der Waals surface area contributed by atoms with E-state index >= 15 is 0 Å². The Morgan fingerprint density at radius 2 is 1.53 bits per heavy atom. The maximum atomic E-state index is 13.0. The van der Waals surface area contributed by atoms with Gasteiger partial charge in [-0.25, -0.2) is 0 Å². The molecule has 1 saturated heterocycles. The van der Waals surface area contributed by atoms with Crippen molar-refractivity contribution in [3.05, 3.63) is 90.0 Å². The summed E-state index contributed by atoms with van der Waals surface area (Å²) >= 11 is 0. The molecule has 5 aliphatic rings. The summed E-state index contributed by atoms with van der Waals surface area (Å²) in [6.45, 7) is 0.479. The number of benzene rings is 3. The smallest absolute Gasteiger partial charge is 0.254 e. The Kier molecular flexibility index (Phi) is 4.28. The van der Waals surface area contributed by atoms with Crippen LogP contribution in [-0.4, -0.2) is 23.0 Å². The number of allylic oxidation sites excluding steroid dienone is 2. The fourth-order valence-corrected chi connectivity index (χ4v) is 6.41. The van der Waals surface area contributed by atoms with Gasteiger partial charge in [0.05, 0.1) is 18.1 Å². The minimum absolute atomic E-state index is 0.133. The van der Waals surface area contributed by atoms with Gasteiger partial charge < -0.3 is 4.74 Å². The molecule has 1 aliphatic heterocycles. The number of ether oxygens (including phenoxy) is 1. The van der Waals surface area contributed by atoms with Crippen molar-refractivity contribution < 1.29 is 14.3 Å².